The van der Waals surface area contributed by atoms with Crippen LogP contribution in [-0.2, 0) is 10.2 Å². The van der Waals surface area contributed by atoms with Crippen LogP contribution in [0.3, 0.4) is 0 Å². The smallest absolute Gasteiger partial charge is 0.330 e. The maximum Gasteiger partial charge on any atom is 0.330 e. The molecule has 0 fully saturated rings. The molecule has 1 heterocycles. The highest BCUT2D eigenvalue weighted by Gasteiger charge is 2.25. The number of nitrogens with zero attached hydrogens (tertiary/aromatic N) is 1. The molecule has 2 rings (SSSR count). The standard InChI is InChI=1S/C17H20FN3O3/c1-9-7-10(5-6-11(9)18)14(16(23)24)19-15(22)12-8-13(21-20-12)17(2,3)4/h5-8,14H,1-4H3,(H,19,22)(H,20,21)(H,23,24). The average molecular weight is 333 g/mol. The van der Waals surface area contributed by atoms with Crippen LogP contribution in [0.4, 0.5) is 4.39 Å². The fourth-order valence-electron chi connectivity index (χ4n) is 2.16. The lowest BCUT2D eigenvalue weighted by Crippen LogP contribution is -2.34. The van der Waals surface area contributed by atoms with E-state index in [4.69, 9.17) is 0 Å². The molecule has 0 aliphatic rings. The molecule has 3 N–H and O–H groups in total. The van der Waals surface area contributed by atoms with Crippen LogP contribution in [-0.4, -0.2) is 27.2 Å². The number of benzene rings is 1. The van der Waals surface area contributed by atoms with Crippen molar-refractivity contribution in [2.75, 3.05) is 0 Å². The predicted octanol–water partition coefficient (Wildman–Crippen LogP) is 2.71. The van der Waals surface area contributed by atoms with E-state index in [9.17, 15) is 19.1 Å². The van der Waals surface area contributed by atoms with E-state index in [1.54, 1.807) is 6.07 Å². The quantitative estimate of drug-likeness (QED) is 0.802. The van der Waals surface area contributed by atoms with Crippen LogP contribution in [0.1, 0.15) is 54.1 Å². The highest BCUT2D eigenvalue weighted by atomic mass is 19.1. The fraction of sp³-hybridized carbons (Fsp3) is 0.353. The number of nitrogens with one attached hydrogen (secondary N) is 2. The first-order chi connectivity index (χ1) is 11.1. The van der Waals surface area contributed by atoms with Crippen LogP contribution in [0, 0.1) is 12.7 Å². The molecular formula is C17H20FN3O3. The summed E-state index contributed by atoms with van der Waals surface area (Å²) in [4.78, 5) is 23.8. The molecule has 0 bridgehead atoms. The van der Waals surface area contributed by atoms with Crippen LogP contribution in [0.15, 0.2) is 24.3 Å². The molecular weight excluding hydrogens is 313 g/mol. The summed E-state index contributed by atoms with van der Waals surface area (Å²) < 4.78 is 13.4. The van der Waals surface area contributed by atoms with Crippen molar-refractivity contribution in [3.05, 3.63) is 52.6 Å². The summed E-state index contributed by atoms with van der Waals surface area (Å²) in [6, 6.07) is 4.22. The second kappa shape index (κ2) is 6.43. The van der Waals surface area contributed by atoms with Crippen LogP contribution in [0.5, 0.6) is 0 Å². The Kier molecular flexibility index (Phi) is 4.73. The number of carboxylic acids is 1. The molecule has 1 aromatic carbocycles. The number of aromatic amines is 1. The number of halogens is 1. The molecule has 0 saturated carbocycles. The summed E-state index contributed by atoms with van der Waals surface area (Å²) in [7, 11) is 0. The first-order valence-electron chi connectivity index (χ1n) is 7.45. The summed E-state index contributed by atoms with van der Waals surface area (Å²) >= 11 is 0. The van der Waals surface area contributed by atoms with Gasteiger partial charge in [0.2, 0.25) is 0 Å². The Balaban J connectivity index is 2.24. The number of aromatic nitrogens is 2. The van der Waals surface area contributed by atoms with Gasteiger partial charge in [-0.25, -0.2) is 9.18 Å². The third-order valence-corrected chi connectivity index (χ3v) is 3.66. The molecule has 1 unspecified atom stereocenters. The fourth-order valence-corrected chi connectivity index (χ4v) is 2.16. The Morgan fingerprint density at radius 1 is 1.29 bits per heavy atom. The molecule has 0 saturated heterocycles. The summed E-state index contributed by atoms with van der Waals surface area (Å²) in [5, 5.41) is 18.5. The van der Waals surface area contributed by atoms with Gasteiger partial charge in [0.15, 0.2) is 6.04 Å². The van der Waals surface area contributed by atoms with Crippen LogP contribution >= 0.6 is 0 Å². The van der Waals surface area contributed by atoms with Gasteiger partial charge in [-0.05, 0) is 30.2 Å². The number of hydrogen-bond donors (Lipinski definition) is 3. The number of hydrogen-bond acceptors (Lipinski definition) is 3. The Bertz CT molecular complexity index is 778. The van der Waals surface area contributed by atoms with E-state index < -0.39 is 23.7 Å². The first-order valence-corrected chi connectivity index (χ1v) is 7.45. The molecule has 7 heteroatoms. The highest BCUT2D eigenvalue weighted by molar-refractivity contribution is 5.95. The number of aryl methyl sites for hydroxylation is 1. The number of carbonyl (C=O) groups is 2. The second-order valence-corrected chi connectivity index (χ2v) is 6.67. The largest absolute Gasteiger partial charge is 0.479 e. The molecule has 1 amide bonds. The monoisotopic (exact) mass is 333 g/mol. The Morgan fingerprint density at radius 2 is 1.96 bits per heavy atom. The lowest BCUT2D eigenvalue weighted by atomic mass is 9.92. The van der Waals surface area contributed by atoms with E-state index in [-0.39, 0.29) is 11.1 Å². The molecule has 6 nitrogen and oxygen atoms in total. The Hall–Kier alpha value is -2.70. The molecule has 0 aliphatic heterocycles. The van der Waals surface area contributed by atoms with Crippen molar-refractivity contribution in [1.82, 2.24) is 15.5 Å². The van der Waals surface area contributed by atoms with Crippen molar-refractivity contribution < 1.29 is 19.1 Å². The van der Waals surface area contributed by atoms with Gasteiger partial charge in [0.1, 0.15) is 11.5 Å². The number of aliphatic carboxylic acids is 1. The molecule has 0 spiro atoms. The lowest BCUT2D eigenvalue weighted by Gasteiger charge is -2.15. The Morgan fingerprint density at radius 3 is 2.46 bits per heavy atom. The summed E-state index contributed by atoms with van der Waals surface area (Å²) in [6.07, 6.45) is 0. The lowest BCUT2D eigenvalue weighted by molar-refractivity contribution is -0.139. The van der Waals surface area contributed by atoms with Gasteiger partial charge >= 0.3 is 5.97 Å². The van der Waals surface area contributed by atoms with E-state index >= 15 is 0 Å². The number of carbonyl (C=O) groups excluding carboxylic acids is 1. The third-order valence-electron chi connectivity index (χ3n) is 3.66. The SMILES string of the molecule is Cc1cc(C(NC(=O)c2cc(C(C)(C)C)[nH]n2)C(=O)O)ccc1F. The van der Waals surface area contributed by atoms with Crippen molar-refractivity contribution in [1.29, 1.82) is 0 Å². The highest BCUT2D eigenvalue weighted by Crippen LogP contribution is 2.21. The maximum absolute atomic E-state index is 13.4. The van der Waals surface area contributed by atoms with Crippen LogP contribution < -0.4 is 5.32 Å². The minimum atomic E-state index is -1.29. The second-order valence-electron chi connectivity index (χ2n) is 6.67. The zero-order valence-electron chi connectivity index (χ0n) is 14.0. The van der Waals surface area contributed by atoms with E-state index in [1.165, 1.54) is 25.1 Å². The average Bonchev–Trinajstić information content (AvgIpc) is 2.97. The van der Waals surface area contributed by atoms with E-state index in [1.807, 2.05) is 20.8 Å². The first kappa shape index (κ1) is 17.7. The van der Waals surface area contributed by atoms with Crippen molar-refractivity contribution in [2.45, 2.75) is 39.2 Å². The van der Waals surface area contributed by atoms with Crippen molar-refractivity contribution in [2.24, 2.45) is 0 Å². The molecule has 1 aromatic heterocycles. The number of H-pyrrole nitrogens is 1. The normalized spacial score (nSPS) is 12.7. The zero-order chi connectivity index (χ0) is 18.1. The summed E-state index contributed by atoms with van der Waals surface area (Å²) in [6.45, 7) is 7.42. The Labute approximate surface area is 139 Å². The van der Waals surface area contributed by atoms with Gasteiger partial charge in [-0.2, -0.15) is 5.10 Å². The summed E-state index contributed by atoms with van der Waals surface area (Å²) in [5.41, 5.74) is 1.25. The van der Waals surface area contributed by atoms with Gasteiger partial charge in [0, 0.05) is 11.1 Å². The van der Waals surface area contributed by atoms with Crippen molar-refractivity contribution >= 4 is 11.9 Å². The van der Waals surface area contributed by atoms with Crippen LogP contribution in [0.2, 0.25) is 0 Å². The van der Waals surface area contributed by atoms with E-state index in [0.717, 1.165) is 5.69 Å². The van der Waals surface area contributed by atoms with Gasteiger partial charge in [-0.3, -0.25) is 9.89 Å². The van der Waals surface area contributed by atoms with Gasteiger partial charge in [-0.15, -0.1) is 0 Å². The number of carboxylic acid groups (broad SMARTS) is 1. The molecule has 128 valence electrons. The molecule has 2 aromatic rings. The number of amides is 1. The summed E-state index contributed by atoms with van der Waals surface area (Å²) in [5.74, 6) is -2.28. The zero-order valence-corrected chi connectivity index (χ0v) is 14.0. The predicted molar refractivity (Wildman–Crippen MR) is 86.3 cm³/mol. The topological polar surface area (TPSA) is 95.1 Å². The minimum Gasteiger partial charge on any atom is -0.479 e. The third kappa shape index (κ3) is 3.79. The van der Waals surface area contributed by atoms with Crippen molar-refractivity contribution in [3.8, 4) is 0 Å². The van der Waals surface area contributed by atoms with Crippen molar-refractivity contribution in [3.63, 3.8) is 0 Å². The van der Waals surface area contributed by atoms with Crippen LogP contribution in [0.25, 0.3) is 0 Å². The van der Waals surface area contributed by atoms with Gasteiger partial charge in [-0.1, -0.05) is 32.9 Å². The molecule has 24 heavy (non-hydrogen) atoms. The maximum atomic E-state index is 13.4. The van der Waals surface area contributed by atoms with E-state index in [0.29, 0.717) is 11.1 Å². The minimum absolute atomic E-state index is 0.102. The van der Waals surface area contributed by atoms with Gasteiger partial charge < -0.3 is 10.4 Å². The van der Waals surface area contributed by atoms with Gasteiger partial charge in [0.25, 0.3) is 5.91 Å². The molecule has 1 atom stereocenters. The number of rotatable bonds is 4. The molecule has 0 radical (unpaired) electrons. The molecule has 0 aliphatic carbocycles. The van der Waals surface area contributed by atoms with Gasteiger partial charge in [0.05, 0.1) is 0 Å². The van der Waals surface area contributed by atoms with E-state index in [2.05, 4.69) is 15.5 Å².